The van der Waals surface area contributed by atoms with E-state index in [0.717, 1.165) is 0 Å². The summed E-state index contributed by atoms with van der Waals surface area (Å²) >= 11 is 5.77. The Labute approximate surface area is 96.8 Å². The van der Waals surface area contributed by atoms with Gasteiger partial charge in [-0.05, 0) is 12.1 Å². The standard InChI is InChI=1S/C8H8Cl2O4S/c1-14-8-5(4-15(10,12)13)6(9)2-3-7(8)11/h2-3,11H,4H2,1H3. The number of halogens is 2. The van der Waals surface area contributed by atoms with Gasteiger partial charge in [0.05, 0.1) is 12.9 Å². The molecule has 0 heterocycles. The number of methoxy groups -OCH3 is 1. The molecule has 0 aliphatic heterocycles. The zero-order valence-electron chi connectivity index (χ0n) is 7.70. The van der Waals surface area contributed by atoms with Gasteiger partial charge in [0, 0.05) is 21.3 Å². The zero-order chi connectivity index (χ0) is 11.6. The Morgan fingerprint density at radius 1 is 1.47 bits per heavy atom. The van der Waals surface area contributed by atoms with Crippen molar-refractivity contribution in [3.63, 3.8) is 0 Å². The fourth-order valence-corrected chi connectivity index (χ4v) is 2.38. The predicted octanol–water partition coefficient (Wildman–Crippen LogP) is 2.12. The van der Waals surface area contributed by atoms with Crippen LogP contribution in [0, 0.1) is 0 Å². The fraction of sp³-hybridized carbons (Fsp3) is 0.250. The summed E-state index contributed by atoms with van der Waals surface area (Å²) in [5.74, 6) is -0.658. The van der Waals surface area contributed by atoms with Crippen LogP contribution in [0.5, 0.6) is 11.5 Å². The summed E-state index contributed by atoms with van der Waals surface area (Å²) in [6.07, 6.45) is 0. The second kappa shape index (κ2) is 4.47. The molecule has 0 atom stereocenters. The van der Waals surface area contributed by atoms with Crippen LogP contribution in [-0.4, -0.2) is 20.6 Å². The molecule has 1 rings (SSSR count). The van der Waals surface area contributed by atoms with Crippen molar-refractivity contribution < 1.29 is 18.3 Å². The maximum absolute atomic E-state index is 10.9. The maximum Gasteiger partial charge on any atom is 0.236 e. The normalized spacial score (nSPS) is 11.4. The Morgan fingerprint density at radius 3 is 2.53 bits per heavy atom. The lowest BCUT2D eigenvalue weighted by molar-refractivity contribution is 0.370. The molecule has 0 amide bonds. The zero-order valence-corrected chi connectivity index (χ0v) is 10.0. The number of hydrogen-bond donors (Lipinski definition) is 1. The van der Waals surface area contributed by atoms with E-state index in [-0.39, 0.29) is 22.1 Å². The van der Waals surface area contributed by atoms with Crippen LogP contribution >= 0.6 is 22.3 Å². The van der Waals surface area contributed by atoms with Gasteiger partial charge in [-0.2, -0.15) is 0 Å². The molecule has 84 valence electrons. The minimum absolute atomic E-state index is 0.0201. The second-order valence-corrected chi connectivity index (χ2v) is 5.95. The van der Waals surface area contributed by atoms with Crippen molar-refractivity contribution in [2.24, 2.45) is 0 Å². The first-order valence-corrected chi connectivity index (χ1v) is 6.67. The van der Waals surface area contributed by atoms with Crippen LogP contribution in [0.1, 0.15) is 5.56 Å². The van der Waals surface area contributed by atoms with Gasteiger partial charge >= 0.3 is 0 Å². The van der Waals surface area contributed by atoms with Crippen LogP contribution in [0.3, 0.4) is 0 Å². The van der Waals surface area contributed by atoms with Crippen molar-refractivity contribution in [2.75, 3.05) is 7.11 Å². The number of hydrogen-bond acceptors (Lipinski definition) is 4. The van der Waals surface area contributed by atoms with Gasteiger partial charge in [0.15, 0.2) is 11.5 Å². The Balaban J connectivity index is 3.32. The molecular formula is C8H8Cl2O4S. The summed E-state index contributed by atoms with van der Waals surface area (Å²) in [7, 11) is 2.65. The summed E-state index contributed by atoms with van der Waals surface area (Å²) < 4.78 is 26.6. The first-order valence-electron chi connectivity index (χ1n) is 3.82. The third-order valence-electron chi connectivity index (χ3n) is 1.70. The van der Waals surface area contributed by atoms with Gasteiger partial charge in [0.2, 0.25) is 9.05 Å². The molecule has 1 N–H and O–H groups in total. The van der Waals surface area contributed by atoms with Gasteiger partial charge in [-0.15, -0.1) is 0 Å². The van der Waals surface area contributed by atoms with Gasteiger partial charge in [-0.25, -0.2) is 8.42 Å². The topological polar surface area (TPSA) is 63.6 Å². The van der Waals surface area contributed by atoms with Crippen molar-refractivity contribution in [1.82, 2.24) is 0 Å². The molecule has 0 saturated carbocycles. The Kier molecular flexibility index (Phi) is 3.70. The summed E-state index contributed by atoms with van der Waals surface area (Å²) in [6, 6.07) is 2.68. The number of benzene rings is 1. The van der Waals surface area contributed by atoms with E-state index >= 15 is 0 Å². The number of phenols is 1. The van der Waals surface area contributed by atoms with E-state index in [1.54, 1.807) is 0 Å². The molecule has 7 heteroatoms. The number of rotatable bonds is 3. The molecule has 0 aromatic heterocycles. The molecule has 1 aromatic carbocycles. The van der Waals surface area contributed by atoms with Crippen molar-refractivity contribution in [1.29, 1.82) is 0 Å². The van der Waals surface area contributed by atoms with Crippen LogP contribution in [0.4, 0.5) is 0 Å². The molecule has 0 radical (unpaired) electrons. The van der Waals surface area contributed by atoms with Crippen molar-refractivity contribution in [2.45, 2.75) is 5.75 Å². The molecular weight excluding hydrogens is 263 g/mol. The molecule has 0 bridgehead atoms. The molecule has 0 aliphatic rings. The van der Waals surface area contributed by atoms with Crippen molar-refractivity contribution in [3.05, 3.63) is 22.7 Å². The number of ether oxygens (including phenoxy) is 1. The SMILES string of the molecule is COc1c(O)ccc(Cl)c1CS(=O)(=O)Cl. The number of phenolic OH excluding ortho intramolecular Hbond substituents is 1. The highest BCUT2D eigenvalue weighted by Crippen LogP contribution is 2.36. The van der Waals surface area contributed by atoms with Crippen molar-refractivity contribution in [3.8, 4) is 11.5 Å². The molecule has 0 aliphatic carbocycles. The third kappa shape index (κ3) is 3.15. The van der Waals surface area contributed by atoms with Gasteiger partial charge in [-0.3, -0.25) is 0 Å². The highest BCUT2D eigenvalue weighted by atomic mass is 35.7. The Bertz CT molecular complexity index is 470. The molecule has 0 spiro atoms. The van der Waals surface area contributed by atoms with E-state index < -0.39 is 14.8 Å². The lowest BCUT2D eigenvalue weighted by atomic mass is 10.2. The highest BCUT2D eigenvalue weighted by Gasteiger charge is 2.18. The van der Waals surface area contributed by atoms with Gasteiger partial charge in [0.1, 0.15) is 0 Å². The van der Waals surface area contributed by atoms with Crippen LogP contribution < -0.4 is 4.74 Å². The van der Waals surface area contributed by atoms with Crippen LogP contribution in [0.25, 0.3) is 0 Å². The predicted molar refractivity (Wildman–Crippen MR) is 58.1 cm³/mol. The molecule has 15 heavy (non-hydrogen) atoms. The lowest BCUT2D eigenvalue weighted by Crippen LogP contribution is -1.99. The van der Waals surface area contributed by atoms with E-state index in [2.05, 4.69) is 0 Å². The van der Waals surface area contributed by atoms with Crippen LogP contribution in [-0.2, 0) is 14.8 Å². The van der Waals surface area contributed by atoms with E-state index in [9.17, 15) is 13.5 Å². The fourth-order valence-electron chi connectivity index (χ4n) is 1.13. The van der Waals surface area contributed by atoms with Crippen molar-refractivity contribution >= 4 is 31.3 Å². The minimum atomic E-state index is -3.75. The monoisotopic (exact) mass is 270 g/mol. The summed E-state index contributed by atoms with van der Waals surface area (Å²) in [6.45, 7) is 0. The summed E-state index contributed by atoms with van der Waals surface area (Å²) in [5.41, 5.74) is 0.147. The van der Waals surface area contributed by atoms with Gasteiger partial charge in [-0.1, -0.05) is 11.6 Å². The van der Waals surface area contributed by atoms with Crippen LogP contribution in [0.2, 0.25) is 5.02 Å². The minimum Gasteiger partial charge on any atom is -0.504 e. The van der Waals surface area contributed by atoms with Crippen LogP contribution in [0.15, 0.2) is 12.1 Å². The van der Waals surface area contributed by atoms with Gasteiger partial charge in [0.25, 0.3) is 0 Å². The lowest BCUT2D eigenvalue weighted by Gasteiger charge is -2.10. The summed E-state index contributed by atoms with van der Waals surface area (Å²) in [5, 5.41) is 9.57. The smallest absolute Gasteiger partial charge is 0.236 e. The maximum atomic E-state index is 10.9. The Hall–Kier alpha value is -0.650. The molecule has 4 nitrogen and oxygen atoms in total. The average molecular weight is 271 g/mol. The Morgan fingerprint density at radius 2 is 2.07 bits per heavy atom. The highest BCUT2D eigenvalue weighted by molar-refractivity contribution is 8.13. The molecule has 0 fully saturated rings. The molecule has 0 saturated heterocycles. The van der Waals surface area contributed by atoms with E-state index in [0.29, 0.717) is 0 Å². The van der Waals surface area contributed by atoms with E-state index in [1.807, 2.05) is 0 Å². The van der Waals surface area contributed by atoms with E-state index in [4.69, 9.17) is 27.0 Å². The molecule has 0 unspecified atom stereocenters. The molecule has 1 aromatic rings. The largest absolute Gasteiger partial charge is 0.504 e. The van der Waals surface area contributed by atoms with E-state index in [1.165, 1.54) is 19.2 Å². The summed E-state index contributed by atoms with van der Waals surface area (Å²) in [4.78, 5) is 0. The van der Waals surface area contributed by atoms with Gasteiger partial charge < -0.3 is 9.84 Å². The second-order valence-electron chi connectivity index (χ2n) is 2.76. The third-order valence-corrected chi connectivity index (χ3v) is 3.02. The first-order chi connectivity index (χ1) is 6.85. The first kappa shape index (κ1) is 12.4. The average Bonchev–Trinajstić information content (AvgIpc) is 2.10. The quantitative estimate of drug-likeness (QED) is 0.855. The number of aromatic hydroxyl groups is 1.